The quantitative estimate of drug-likeness (QED) is 0.815. The lowest BCUT2D eigenvalue weighted by Gasteiger charge is -2.36. The van der Waals surface area contributed by atoms with Gasteiger partial charge in [0.15, 0.2) is 0 Å². The standard InChI is InChI=1S/C16H22N6OS/c1-12-10-14(22-16(19-12)17-11-18-22)20-4-2-13(3-5-20)15(23)21-6-8-24-9-7-21/h10-11,13H,2-9H2,1H3. The summed E-state index contributed by atoms with van der Waals surface area (Å²) in [5.74, 6) is 4.32. The second-order valence-corrected chi connectivity index (χ2v) is 7.65. The number of amides is 1. The van der Waals surface area contributed by atoms with Crippen LogP contribution in [0.4, 0.5) is 5.82 Å². The van der Waals surface area contributed by atoms with Gasteiger partial charge in [-0.05, 0) is 19.8 Å². The summed E-state index contributed by atoms with van der Waals surface area (Å²) < 4.78 is 1.79. The Morgan fingerprint density at radius 3 is 2.71 bits per heavy atom. The summed E-state index contributed by atoms with van der Waals surface area (Å²) in [5.41, 5.74) is 0.939. The molecule has 0 bridgehead atoms. The average Bonchev–Trinajstić information content (AvgIpc) is 3.09. The highest BCUT2D eigenvalue weighted by atomic mass is 32.2. The molecule has 0 N–H and O–H groups in total. The summed E-state index contributed by atoms with van der Waals surface area (Å²) in [6, 6.07) is 2.05. The van der Waals surface area contributed by atoms with Crippen LogP contribution in [0.3, 0.4) is 0 Å². The molecular formula is C16H22N6OS. The first-order chi connectivity index (χ1) is 11.7. The molecule has 2 fully saturated rings. The number of rotatable bonds is 2. The van der Waals surface area contributed by atoms with E-state index in [0.29, 0.717) is 11.7 Å². The molecule has 2 aromatic heterocycles. The van der Waals surface area contributed by atoms with Crippen molar-refractivity contribution in [1.29, 1.82) is 0 Å². The Morgan fingerprint density at radius 2 is 1.96 bits per heavy atom. The molecule has 0 saturated carbocycles. The molecule has 2 aromatic rings. The molecule has 1 amide bonds. The molecule has 2 aliphatic heterocycles. The van der Waals surface area contributed by atoms with Gasteiger partial charge in [-0.1, -0.05) is 0 Å². The predicted octanol–water partition coefficient (Wildman–Crippen LogP) is 1.22. The molecule has 0 aromatic carbocycles. The van der Waals surface area contributed by atoms with Crippen LogP contribution in [0, 0.1) is 12.8 Å². The number of aromatic nitrogens is 4. The van der Waals surface area contributed by atoms with E-state index in [9.17, 15) is 4.79 Å². The number of hydrogen-bond acceptors (Lipinski definition) is 6. The average molecular weight is 346 g/mol. The van der Waals surface area contributed by atoms with Crippen molar-refractivity contribution in [3.63, 3.8) is 0 Å². The number of anilines is 1. The molecule has 7 nitrogen and oxygen atoms in total. The summed E-state index contributed by atoms with van der Waals surface area (Å²) in [6.45, 7) is 5.54. The number of carbonyl (C=O) groups excluding carboxylic acids is 1. The van der Waals surface area contributed by atoms with Gasteiger partial charge >= 0.3 is 0 Å². The molecule has 0 aliphatic carbocycles. The first kappa shape index (κ1) is 15.7. The number of nitrogens with zero attached hydrogens (tertiary/aromatic N) is 6. The summed E-state index contributed by atoms with van der Waals surface area (Å²) in [5, 5.41) is 4.29. The molecule has 4 heterocycles. The molecule has 0 radical (unpaired) electrons. The minimum Gasteiger partial charge on any atom is -0.356 e. The zero-order valence-corrected chi connectivity index (χ0v) is 14.7. The summed E-state index contributed by atoms with van der Waals surface area (Å²) in [4.78, 5) is 25.6. The van der Waals surface area contributed by atoms with Crippen LogP contribution in [0.2, 0.25) is 0 Å². The number of hydrogen-bond donors (Lipinski definition) is 0. The van der Waals surface area contributed by atoms with E-state index < -0.39 is 0 Å². The fourth-order valence-corrected chi connectivity index (χ4v) is 4.44. The lowest BCUT2D eigenvalue weighted by atomic mass is 9.95. The van der Waals surface area contributed by atoms with E-state index in [1.54, 1.807) is 4.52 Å². The van der Waals surface area contributed by atoms with Gasteiger partial charge in [0.05, 0.1) is 0 Å². The highest BCUT2D eigenvalue weighted by Gasteiger charge is 2.30. The zero-order valence-electron chi connectivity index (χ0n) is 13.9. The minimum absolute atomic E-state index is 0.165. The molecule has 8 heteroatoms. The Balaban J connectivity index is 1.45. The SMILES string of the molecule is Cc1cc(N2CCC(C(=O)N3CCSCC3)CC2)n2ncnc2n1. The first-order valence-corrected chi connectivity index (χ1v) is 9.67. The van der Waals surface area contributed by atoms with E-state index in [0.717, 1.165) is 62.0 Å². The number of fused-ring (bicyclic) bond motifs is 1. The smallest absolute Gasteiger partial charge is 0.254 e. The van der Waals surface area contributed by atoms with Crippen molar-refractivity contribution in [3.05, 3.63) is 18.1 Å². The fraction of sp³-hybridized carbons (Fsp3) is 0.625. The molecule has 0 spiro atoms. The molecule has 0 unspecified atom stereocenters. The van der Waals surface area contributed by atoms with Crippen LogP contribution in [0.1, 0.15) is 18.5 Å². The van der Waals surface area contributed by atoms with Crippen LogP contribution in [-0.4, -0.2) is 68.1 Å². The number of piperidine rings is 1. The van der Waals surface area contributed by atoms with Crippen molar-refractivity contribution in [2.24, 2.45) is 5.92 Å². The van der Waals surface area contributed by atoms with Gasteiger partial charge in [0.25, 0.3) is 5.78 Å². The summed E-state index contributed by atoms with van der Waals surface area (Å²) >= 11 is 1.94. The van der Waals surface area contributed by atoms with Gasteiger partial charge in [0, 0.05) is 55.4 Å². The Bertz CT molecular complexity index is 733. The van der Waals surface area contributed by atoms with Gasteiger partial charge < -0.3 is 9.80 Å². The van der Waals surface area contributed by atoms with Crippen LogP contribution in [0.5, 0.6) is 0 Å². The summed E-state index contributed by atoms with van der Waals surface area (Å²) in [7, 11) is 0. The Labute approximate surface area is 145 Å². The molecule has 2 saturated heterocycles. The van der Waals surface area contributed by atoms with Gasteiger partial charge in [0.1, 0.15) is 12.1 Å². The van der Waals surface area contributed by atoms with Gasteiger partial charge in [-0.2, -0.15) is 26.4 Å². The number of aryl methyl sites for hydroxylation is 1. The lowest BCUT2D eigenvalue weighted by molar-refractivity contribution is -0.135. The van der Waals surface area contributed by atoms with E-state index in [1.165, 1.54) is 6.33 Å². The van der Waals surface area contributed by atoms with E-state index in [4.69, 9.17) is 0 Å². The van der Waals surface area contributed by atoms with Crippen molar-refractivity contribution < 1.29 is 4.79 Å². The minimum atomic E-state index is 0.165. The van der Waals surface area contributed by atoms with Crippen molar-refractivity contribution in [3.8, 4) is 0 Å². The van der Waals surface area contributed by atoms with E-state index >= 15 is 0 Å². The van der Waals surface area contributed by atoms with Crippen molar-refractivity contribution in [2.45, 2.75) is 19.8 Å². The topological polar surface area (TPSA) is 66.6 Å². The molecule has 2 aliphatic rings. The monoisotopic (exact) mass is 346 g/mol. The first-order valence-electron chi connectivity index (χ1n) is 8.51. The van der Waals surface area contributed by atoms with Crippen molar-refractivity contribution in [1.82, 2.24) is 24.5 Å². The largest absolute Gasteiger partial charge is 0.356 e. The van der Waals surface area contributed by atoms with Gasteiger partial charge in [-0.25, -0.2) is 4.98 Å². The normalized spacial score (nSPS) is 19.9. The predicted molar refractivity (Wildman–Crippen MR) is 94.4 cm³/mol. The Morgan fingerprint density at radius 1 is 1.21 bits per heavy atom. The molecule has 128 valence electrons. The maximum absolute atomic E-state index is 12.7. The van der Waals surface area contributed by atoms with Crippen LogP contribution >= 0.6 is 11.8 Å². The molecular weight excluding hydrogens is 324 g/mol. The molecule has 4 rings (SSSR count). The third-order valence-electron chi connectivity index (χ3n) is 4.85. The second kappa shape index (κ2) is 6.58. The second-order valence-electron chi connectivity index (χ2n) is 6.43. The molecule has 24 heavy (non-hydrogen) atoms. The Kier molecular flexibility index (Phi) is 4.30. The van der Waals surface area contributed by atoms with E-state index in [2.05, 4.69) is 24.9 Å². The third-order valence-corrected chi connectivity index (χ3v) is 5.79. The summed E-state index contributed by atoms with van der Waals surface area (Å²) in [6.07, 6.45) is 3.34. The van der Waals surface area contributed by atoms with Crippen molar-refractivity contribution in [2.75, 3.05) is 42.6 Å². The van der Waals surface area contributed by atoms with Crippen LogP contribution in [0.25, 0.3) is 5.78 Å². The van der Waals surface area contributed by atoms with E-state index in [-0.39, 0.29) is 5.92 Å². The number of thioether (sulfide) groups is 1. The maximum atomic E-state index is 12.7. The van der Waals surface area contributed by atoms with Gasteiger partial charge in [-0.15, -0.1) is 0 Å². The highest BCUT2D eigenvalue weighted by Crippen LogP contribution is 2.26. The maximum Gasteiger partial charge on any atom is 0.254 e. The Hall–Kier alpha value is -1.83. The van der Waals surface area contributed by atoms with E-state index in [1.807, 2.05) is 24.8 Å². The lowest BCUT2D eigenvalue weighted by Crippen LogP contribution is -2.45. The zero-order chi connectivity index (χ0) is 16.5. The number of carbonyl (C=O) groups is 1. The van der Waals surface area contributed by atoms with Crippen LogP contribution in [0.15, 0.2) is 12.4 Å². The van der Waals surface area contributed by atoms with Crippen LogP contribution < -0.4 is 4.90 Å². The third kappa shape index (κ3) is 2.94. The van der Waals surface area contributed by atoms with Gasteiger partial charge in [-0.3, -0.25) is 4.79 Å². The van der Waals surface area contributed by atoms with Crippen LogP contribution in [-0.2, 0) is 4.79 Å². The van der Waals surface area contributed by atoms with Crippen molar-refractivity contribution >= 4 is 29.3 Å². The molecule has 0 atom stereocenters. The van der Waals surface area contributed by atoms with Gasteiger partial charge in [0.2, 0.25) is 5.91 Å². The fourth-order valence-electron chi connectivity index (χ4n) is 3.53. The highest BCUT2D eigenvalue weighted by molar-refractivity contribution is 7.99.